The first-order chi connectivity index (χ1) is 5.52. The minimum atomic E-state index is -4.62. The molecule has 0 N–H and O–H groups in total. The highest BCUT2D eigenvalue weighted by molar-refractivity contribution is 7.87. The predicted molar refractivity (Wildman–Crippen MR) is 44.9 cm³/mol. The molecule has 0 aliphatic rings. The Balaban J connectivity index is 3.02. The van der Waals surface area contributed by atoms with Crippen molar-refractivity contribution in [2.45, 2.75) is 0 Å². The third kappa shape index (κ3) is 1.94. The zero-order valence-corrected chi connectivity index (χ0v) is 7.25. The molecular formula is C7H8FNO2S. The van der Waals surface area contributed by atoms with E-state index in [1.54, 1.807) is 18.2 Å². The van der Waals surface area contributed by atoms with Crippen LogP contribution in [-0.4, -0.2) is 15.5 Å². The van der Waals surface area contributed by atoms with Crippen LogP contribution in [0.3, 0.4) is 0 Å². The molecule has 66 valence electrons. The number of hydrogen-bond donors (Lipinski definition) is 0. The Hall–Kier alpha value is -1.10. The minimum absolute atomic E-state index is 0.306. The maximum atomic E-state index is 12.4. The second kappa shape index (κ2) is 3.10. The molecule has 0 unspecified atom stereocenters. The lowest BCUT2D eigenvalue weighted by atomic mass is 10.3. The SMILES string of the molecule is CN(c1ccccc1)S(=O)(=O)F. The Morgan fingerprint density at radius 1 is 1.25 bits per heavy atom. The monoisotopic (exact) mass is 189 g/mol. The van der Waals surface area contributed by atoms with Gasteiger partial charge < -0.3 is 0 Å². The van der Waals surface area contributed by atoms with Crippen molar-refractivity contribution in [3.8, 4) is 0 Å². The van der Waals surface area contributed by atoms with Crippen LogP contribution in [0.1, 0.15) is 0 Å². The summed E-state index contributed by atoms with van der Waals surface area (Å²) >= 11 is 0. The first-order valence-corrected chi connectivity index (χ1v) is 4.59. The van der Waals surface area contributed by atoms with Gasteiger partial charge >= 0.3 is 10.4 Å². The van der Waals surface area contributed by atoms with Gasteiger partial charge in [0, 0.05) is 7.05 Å². The van der Waals surface area contributed by atoms with Gasteiger partial charge in [0.25, 0.3) is 0 Å². The lowest BCUT2D eigenvalue weighted by Gasteiger charge is -2.12. The van der Waals surface area contributed by atoms with Gasteiger partial charge in [0.1, 0.15) is 0 Å². The topological polar surface area (TPSA) is 37.4 Å². The molecule has 0 aliphatic heterocycles. The Labute approximate surface area is 70.8 Å². The summed E-state index contributed by atoms with van der Waals surface area (Å²) in [4.78, 5) is 0. The van der Waals surface area contributed by atoms with Crippen molar-refractivity contribution in [3.63, 3.8) is 0 Å². The highest BCUT2D eigenvalue weighted by atomic mass is 32.3. The molecule has 3 nitrogen and oxygen atoms in total. The summed E-state index contributed by atoms with van der Waals surface area (Å²) in [7, 11) is -3.47. The molecule has 0 saturated carbocycles. The fraction of sp³-hybridized carbons (Fsp3) is 0.143. The Bertz CT molecular complexity index is 349. The van der Waals surface area contributed by atoms with Crippen molar-refractivity contribution in [1.82, 2.24) is 0 Å². The summed E-state index contributed by atoms with van der Waals surface area (Å²) in [5, 5.41) is 0. The highest BCUT2D eigenvalue weighted by Gasteiger charge is 2.15. The largest absolute Gasteiger partial charge is 0.399 e. The van der Waals surface area contributed by atoms with Crippen molar-refractivity contribution in [2.75, 3.05) is 11.4 Å². The van der Waals surface area contributed by atoms with E-state index in [9.17, 15) is 12.3 Å². The molecule has 0 aromatic heterocycles. The van der Waals surface area contributed by atoms with E-state index in [0.717, 1.165) is 7.05 Å². The van der Waals surface area contributed by atoms with Gasteiger partial charge in [-0.3, -0.25) is 0 Å². The molecule has 0 amide bonds. The molecule has 1 aromatic rings. The van der Waals surface area contributed by atoms with Crippen LogP contribution in [-0.2, 0) is 10.4 Å². The van der Waals surface area contributed by atoms with Crippen molar-refractivity contribution < 1.29 is 12.3 Å². The number of anilines is 1. The summed E-state index contributed by atoms with van der Waals surface area (Å²) < 4.78 is 33.7. The van der Waals surface area contributed by atoms with Gasteiger partial charge in [-0.05, 0) is 12.1 Å². The summed E-state index contributed by atoms with van der Waals surface area (Å²) in [5.41, 5.74) is 0.306. The standard InChI is InChI=1S/C7H8FNO2S/c1-9(12(8,10)11)7-5-3-2-4-6-7/h2-6H,1H3. The van der Waals surface area contributed by atoms with Crippen LogP contribution in [0.5, 0.6) is 0 Å². The average Bonchev–Trinajstić information content (AvgIpc) is 2.03. The molecule has 0 saturated heterocycles. The van der Waals surface area contributed by atoms with Crippen LogP contribution >= 0.6 is 0 Å². The normalized spacial score (nSPS) is 11.2. The van der Waals surface area contributed by atoms with Gasteiger partial charge in [-0.25, -0.2) is 4.31 Å². The van der Waals surface area contributed by atoms with E-state index in [1.165, 1.54) is 12.1 Å². The Kier molecular flexibility index (Phi) is 2.32. The van der Waals surface area contributed by atoms with Crippen molar-refractivity contribution in [1.29, 1.82) is 0 Å². The molecule has 0 heterocycles. The fourth-order valence-corrected chi connectivity index (χ4v) is 1.14. The molecule has 1 rings (SSSR count). The number of hydrogen-bond acceptors (Lipinski definition) is 2. The van der Waals surface area contributed by atoms with Crippen molar-refractivity contribution in [3.05, 3.63) is 30.3 Å². The van der Waals surface area contributed by atoms with Gasteiger partial charge in [0.05, 0.1) is 5.69 Å². The molecular weight excluding hydrogens is 181 g/mol. The second-order valence-electron chi connectivity index (χ2n) is 2.25. The predicted octanol–water partition coefficient (Wildman–Crippen LogP) is 1.34. The maximum Gasteiger partial charge on any atom is 0.399 e. The smallest absolute Gasteiger partial charge is 0.247 e. The molecule has 0 fully saturated rings. The van der Waals surface area contributed by atoms with Crippen LogP contribution in [0.2, 0.25) is 0 Å². The van der Waals surface area contributed by atoms with Crippen LogP contribution in [0.4, 0.5) is 9.57 Å². The summed E-state index contributed by atoms with van der Waals surface area (Å²) in [5.74, 6) is 0. The third-order valence-electron chi connectivity index (χ3n) is 1.45. The molecule has 0 atom stereocenters. The Morgan fingerprint density at radius 2 is 1.75 bits per heavy atom. The minimum Gasteiger partial charge on any atom is -0.247 e. The average molecular weight is 189 g/mol. The van der Waals surface area contributed by atoms with Gasteiger partial charge in [0.15, 0.2) is 0 Å². The molecule has 1 aromatic carbocycles. The summed E-state index contributed by atoms with van der Waals surface area (Å²) in [6.07, 6.45) is 0. The number of benzene rings is 1. The van der Waals surface area contributed by atoms with Gasteiger partial charge in [-0.2, -0.15) is 8.42 Å². The fourth-order valence-electron chi connectivity index (χ4n) is 0.764. The van der Waals surface area contributed by atoms with Gasteiger partial charge in [0.2, 0.25) is 0 Å². The van der Waals surface area contributed by atoms with Gasteiger partial charge in [-0.15, -0.1) is 0 Å². The quantitative estimate of drug-likeness (QED) is 0.658. The van der Waals surface area contributed by atoms with Crippen LogP contribution in [0.15, 0.2) is 30.3 Å². The third-order valence-corrected chi connectivity index (χ3v) is 2.31. The highest BCUT2D eigenvalue weighted by Crippen LogP contribution is 2.15. The first-order valence-electron chi connectivity index (χ1n) is 3.25. The lowest BCUT2D eigenvalue weighted by Crippen LogP contribution is -2.21. The van der Waals surface area contributed by atoms with Crippen molar-refractivity contribution >= 4 is 16.1 Å². The number of para-hydroxylation sites is 1. The number of rotatable bonds is 2. The summed E-state index contributed by atoms with van der Waals surface area (Å²) in [6, 6.07) is 8.02. The number of halogens is 1. The summed E-state index contributed by atoms with van der Waals surface area (Å²) in [6.45, 7) is 0. The van der Waals surface area contributed by atoms with E-state index in [4.69, 9.17) is 0 Å². The van der Waals surface area contributed by atoms with E-state index in [1.807, 2.05) is 0 Å². The zero-order valence-electron chi connectivity index (χ0n) is 6.44. The van der Waals surface area contributed by atoms with Crippen LogP contribution in [0, 0.1) is 0 Å². The Morgan fingerprint density at radius 3 is 2.17 bits per heavy atom. The van der Waals surface area contributed by atoms with Crippen LogP contribution < -0.4 is 4.31 Å². The first kappa shape index (κ1) is 8.99. The van der Waals surface area contributed by atoms with E-state index < -0.39 is 10.4 Å². The maximum absolute atomic E-state index is 12.4. The van der Waals surface area contributed by atoms with Crippen molar-refractivity contribution in [2.24, 2.45) is 0 Å². The molecule has 0 spiro atoms. The number of nitrogens with zero attached hydrogens (tertiary/aromatic N) is 1. The van der Waals surface area contributed by atoms with Gasteiger partial charge in [-0.1, -0.05) is 22.1 Å². The molecule has 12 heavy (non-hydrogen) atoms. The lowest BCUT2D eigenvalue weighted by molar-refractivity contribution is 0.550. The van der Waals surface area contributed by atoms with E-state index in [2.05, 4.69) is 0 Å². The molecule has 0 aliphatic carbocycles. The van der Waals surface area contributed by atoms with E-state index in [0.29, 0.717) is 9.99 Å². The molecule has 0 bridgehead atoms. The zero-order chi connectivity index (χ0) is 9.19. The molecule has 0 radical (unpaired) electrons. The van der Waals surface area contributed by atoms with E-state index >= 15 is 0 Å². The molecule has 5 heteroatoms. The second-order valence-corrected chi connectivity index (χ2v) is 3.62. The van der Waals surface area contributed by atoms with E-state index in [-0.39, 0.29) is 0 Å². The van der Waals surface area contributed by atoms with Crippen LogP contribution in [0.25, 0.3) is 0 Å².